The lowest BCUT2D eigenvalue weighted by Gasteiger charge is -2.26. The van der Waals surface area contributed by atoms with Crippen molar-refractivity contribution in [2.45, 2.75) is 6.04 Å². The summed E-state index contributed by atoms with van der Waals surface area (Å²) in [6.07, 6.45) is 1.52. The van der Waals surface area contributed by atoms with Gasteiger partial charge in [-0.25, -0.2) is 4.98 Å². The van der Waals surface area contributed by atoms with Crippen LogP contribution >= 0.6 is 0 Å². The molecule has 2 heterocycles. The molecule has 2 aromatic carbocycles. The molecule has 0 aliphatic carbocycles. The number of rotatable bonds is 6. The molecule has 1 N–H and O–H groups in total. The lowest BCUT2D eigenvalue weighted by molar-refractivity contribution is -0.132. The van der Waals surface area contributed by atoms with Gasteiger partial charge in [0.2, 0.25) is 0 Å². The molecule has 168 valence electrons. The summed E-state index contributed by atoms with van der Waals surface area (Å²) in [6, 6.07) is 15.8. The van der Waals surface area contributed by atoms with E-state index in [1.54, 1.807) is 60.7 Å². The third-order valence-corrected chi connectivity index (χ3v) is 5.41. The summed E-state index contributed by atoms with van der Waals surface area (Å²) in [5.74, 6) is -0.468. The summed E-state index contributed by atoms with van der Waals surface area (Å²) in [5.41, 5.74) is 0.705. The number of benzene rings is 2. The number of anilines is 1. The van der Waals surface area contributed by atoms with Crippen LogP contribution < -0.4 is 19.1 Å². The van der Waals surface area contributed by atoms with Crippen molar-refractivity contribution in [1.82, 2.24) is 4.98 Å². The number of aliphatic hydroxyl groups is 1. The summed E-state index contributed by atoms with van der Waals surface area (Å²) >= 11 is 0. The normalized spacial score (nSPS) is 17.2. The Kier molecular flexibility index (Phi) is 5.99. The summed E-state index contributed by atoms with van der Waals surface area (Å²) in [7, 11) is 4.46. The first kappa shape index (κ1) is 21.9. The van der Waals surface area contributed by atoms with Gasteiger partial charge in [-0.05, 0) is 30.3 Å². The molecule has 1 atom stereocenters. The monoisotopic (exact) mass is 446 g/mol. The van der Waals surface area contributed by atoms with Crippen LogP contribution in [-0.4, -0.2) is 43.1 Å². The zero-order valence-corrected chi connectivity index (χ0v) is 18.3. The number of amides is 1. The predicted octanol–water partition coefficient (Wildman–Crippen LogP) is 3.73. The third-order valence-electron chi connectivity index (χ3n) is 5.41. The minimum absolute atomic E-state index is 0.0922. The van der Waals surface area contributed by atoms with Gasteiger partial charge >= 0.3 is 5.91 Å². The topological polar surface area (TPSA) is 98.2 Å². The van der Waals surface area contributed by atoms with Crippen molar-refractivity contribution in [1.29, 1.82) is 0 Å². The second-order valence-electron chi connectivity index (χ2n) is 7.17. The Morgan fingerprint density at radius 1 is 0.939 bits per heavy atom. The first-order valence-corrected chi connectivity index (χ1v) is 10.1. The van der Waals surface area contributed by atoms with Crippen LogP contribution in [-0.2, 0) is 9.59 Å². The van der Waals surface area contributed by atoms with Crippen molar-refractivity contribution in [2.75, 3.05) is 26.2 Å². The number of aromatic nitrogens is 1. The van der Waals surface area contributed by atoms with Gasteiger partial charge in [0.25, 0.3) is 5.78 Å². The summed E-state index contributed by atoms with van der Waals surface area (Å²) < 4.78 is 16.2. The maximum absolute atomic E-state index is 13.3. The number of nitrogens with zero attached hydrogens (tertiary/aromatic N) is 2. The minimum atomic E-state index is -1.00. The van der Waals surface area contributed by atoms with Gasteiger partial charge in [-0.15, -0.1) is 0 Å². The molecule has 0 spiro atoms. The zero-order valence-electron chi connectivity index (χ0n) is 18.3. The summed E-state index contributed by atoms with van der Waals surface area (Å²) in [5, 5.41) is 11.2. The van der Waals surface area contributed by atoms with Crippen molar-refractivity contribution >= 4 is 23.3 Å². The Hall–Kier alpha value is -4.33. The number of methoxy groups -OCH3 is 3. The number of carbonyl (C=O) groups excluding carboxylic acids is 2. The quantitative estimate of drug-likeness (QED) is 0.350. The van der Waals surface area contributed by atoms with E-state index in [-0.39, 0.29) is 17.2 Å². The van der Waals surface area contributed by atoms with Crippen LogP contribution in [0.2, 0.25) is 0 Å². The molecule has 1 aliphatic rings. The van der Waals surface area contributed by atoms with E-state index in [0.29, 0.717) is 28.4 Å². The van der Waals surface area contributed by atoms with Crippen LogP contribution in [0.1, 0.15) is 17.2 Å². The zero-order chi connectivity index (χ0) is 23.5. The molecule has 1 saturated heterocycles. The molecule has 0 bridgehead atoms. The SMILES string of the molecule is COc1cccc(/C(O)=C2\C(=O)C(=O)N(c3ccccn3)[C@@H]2c2cccc(OC)c2OC)c1. The predicted molar refractivity (Wildman–Crippen MR) is 122 cm³/mol. The summed E-state index contributed by atoms with van der Waals surface area (Å²) in [6.45, 7) is 0. The van der Waals surface area contributed by atoms with E-state index >= 15 is 0 Å². The largest absolute Gasteiger partial charge is 0.507 e. The fraction of sp³-hybridized carbons (Fsp3) is 0.160. The fourth-order valence-electron chi connectivity index (χ4n) is 3.91. The van der Waals surface area contributed by atoms with E-state index in [1.807, 2.05) is 0 Å². The Labute approximate surface area is 190 Å². The molecule has 1 fully saturated rings. The van der Waals surface area contributed by atoms with Crippen molar-refractivity contribution in [3.63, 3.8) is 0 Å². The molecule has 33 heavy (non-hydrogen) atoms. The van der Waals surface area contributed by atoms with Crippen molar-refractivity contribution in [3.05, 3.63) is 83.6 Å². The number of pyridine rings is 1. The molecule has 8 heteroatoms. The van der Waals surface area contributed by atoms with E-state index in [0.717, 1.165) is 0 Å². The van der Waals surface area contributed by atoms with E-state index in [4.69, 9.17) is 14.2 Å². The molecule has 0 radical (unpaired) electrons. The highest BCUT2D eigenvalue weighted by molar-refractivity contribution is 6.51. The average molecular weight is 446 g/mol. The van der Waals surface area contributed by atoms with Gasteiger partial charge in [-0.1, -0.05) is 30.3 Å². The first-order valence-electron chi connectivity index (χ1n) is 10.1. The third kappa shape index (κ3) is 3.76. The Morgan fingerprint density at radius 2 is 1.73 bits per heavy atom. The van der Waals surface area contributed by atoms with Gasteiger partial charge in [0.15, 0.2) is 11.5 Å². The van der Waals surface area contributed by atoms with Gasteiger partial charge < -0.3 is 19.3 Å². The molecular formula is C25H22N2O6. The van der Waals surface area contributed by atoms with Crippen molar-refractivity contribution < 1.29 is 28.9 Å². The molecule has 0 unspecified atom stereocenters. The van der Waals surface area contributed by atoms with E-state index in [1.165, 1.54) is 32.4 Å². The molecule has 8 nitrogen and oxygen atoms in total. The lowest BCUT2D eigenvalue weighted by atomic mass is 9.94. The second-order valence-corrected chi connectivity index (χ2v) is 7.17. The molecule has 4 rings (SSSR count). The van der Waals surface area contributed by atoms with Crippen molar-refractivity contribution in [3.8, 4) is 17.2 Å². The number of ketones is 1. The maximum atomic E-state index is 13.3. The van der Waals surface area contributed by atoms with Crippen LogP contribution in [0.15, 0.2) is 72.4 Å². The van der Waals surface area contributed by atoms with Crippen LogP contribution in [0.25, 0.3) is 5.76 Å². The molecule has 3 aromatic rings. The average Bonchev–Trinajstić information content (AvgIpc) is 3.13. The molecule has 1 aliphatic heterocycles. The van der Waals surface area contributed by atoms with Crippen LogP contribution in [0.5, 0.6) is 17.2 Å². The standard InChI is InChI=1S/C25H22N2O6/c1-31-16-9-6-8-15(14-16)22(28)20-21(17-10-7-11-18(32-2)24(17)33-3)27(25(30)23(20)29)19-12-4-5-13-26-19/h4-14,21,28H,1-3H3/b22-20+/t21-/m1/s1. The lowest BCUT2D eigenvalue weighted by Crippen LogP contribution is -2.30. The molecular weight excluding hydrogens is 424 g/mol. The van der Waals surface area contributed by atoms with Gasteiger partial charge in [-0.2, -0.15) is 0 Å². The summed E-state index contributed by atoms with van der Waals surface area (Å²) in [4.78, 5) is 32.0. The van der Waals surface area contributed by atoms with Crippen molar-refractivity contribution in [2.24, 2.45) is 0 Å². The maximum Gasteiger partial charge on any atom is 0.301 e. The minimum Gasteiger partial charge on any atom is -0.507 e. The second kappa shape index (κ2) is 9.04. The smallest absolute Gasteiger partial charge is 0.301 e. The highest BCUT2D eigenvalue weighted by Gasteiger charge is 2.48. The number of hydrogen-bond donors (Lipinski definition) is 1. The Bertz CT molecular complexity index is 1240. The van der Waals surface area contributed by atoms with Gasteiger partial charge in [0, 0.05) is 17.3 Å². The highest BCUT2D eigenvalue weighted by Crippen LogP contribution is 2.46. The number of para-hydroxylation sites is 1. The van der Waals surface area contributed by atoms with Gasteiger partial charge in [0.05, 0.1) is 26.9 Å². The number of aliphatic hydroxyl groups excluding tert-OH is 1. The number of carbonyl (C=O) groups is 2. The van der Waals surface area contributed by atoms with Crippen LogP contribution in [0.4, 0.5) is 5.82 Å². The number of ether oxygens (including phenoxy) is 3. The van der Waals surface area contributed by atoms with E-state index in [9.17, 15) is 14.7 Å². The molecule has 0 saturated carbocycles. The Morgan fingerprint density at radius 3 is 2.39 bits per heavy atom. The van der Waals surface area contributed by atoms with E-state index < -0.39 is 17.7 Å². The van der Waals surface area contributed by atoms with Gasteiger partial charge in [-0.3, -0.25) is 14.5 Å². The first-order chi connectivity index (χ1) is 16.0. The molecule has 1 amide bonds. The molecule has 1 aromatic heterocycles. The van der Waals surface area contributed by atoms with Gasteiger partial charge in [0.1, 0.15) is 23.4 Å². The van der Waals surface area contributed by atoms with Crippen LogP contribution in [0, 0.1) is 0 Å². The fourth-order valence-corrected chi connectivity index (χ4v) is 3.91. The Balaban J connectivity index is 2.01. The van der Waals surface area contributed by atoms with Crippen LogP contribution in [0.3, 0.4) is 0 Å². The number of Topliss-reactive ketones (excluding diaryl/α,β-unsaturated/α-hetero) is 1. The highest BCUT2D eigenvalue weighted by atomic mass is 16.5. The van der Waals surface area contributed by atoms with E-state index in [2.05, 4.69) is 4.98 Å². The number of hydrogen-bond acceptors (Lipinski definition) is 7.